The minimum Gasteiger partial charge on any atom is -0.364 e. The fourth-order valence-corrected chi connectivity index (χ4v) is 3.46. The first-order valence-corrected chi connectivity index (χ1v) is 9.68. The quantitative estimate of drug-likeness (QED) is 0.402. The maximum Gasteiger partial charge on any atom is 0.293 e. The predicted molar refractivity (Wildman–Crippen MR) is 113 cm³/mol. The molecule has 1 aliphatic heterocycles. The van der Waals surface area contributed by atoms with Gasteiger partial charge in [-0.15, -0.1) is 0 Å². The van der Waals surface area contributed by atoms with Gasteiger partial charge in [0.25, 0.3) is 5.56 Å². The van der Waals surface area contributed by atoms with Gasteiger partial charge in [-0.2, -0.15) is 5.10 Å². The van der Waals surface area contributed by atoms with Crippen molar-refractivity contribution in [1.29, 1.82) is 0 Å². The van der Waals surface area contributed by atoms with Crippen LogP contribution in [-0.2, 0) is 24.3 Å². The van der Waals surface area contributed by atoms with Crippen LogP contribution in [0.25, 0.3) is 10.9 Å². The average molecular weight is 674 g/mol. The number of nitrogens with zero attached hydrogens (tertiary/aromatic N) is 4. The number of aromatic nitrogens is 3. The Labute approximate surface area is 176 Å². The second-order valence-corrected chi connectivity index (χ2v) is 7.35. The van der Waals surface area contributed by atoms with E-state index in [1.807, 2.05) is 0 Å². The van der Waals surface area contributed by atoms with Crippen molar-refractivity contribution in [2.45, 2.75) is 12.5 Å². The van der Waals surface area contributed by atoms with Crippen molar-refractivity contribution in [3.63, 3.8) is 0 Å². The number of rotatable bonds is 5. The van der Waals surface area contributed by atoms with Gasteiger partial charge in [-0.1, -0.05) is 24.3 Å². The zero-order chi connectivity index (χ0) is 22.2. The molecule has 0 radical (unpaired) electrons. The van der Waals surface area contributed by atoms with Crippen molar-refractivity contribution in [2.24, 2.45) is 7.05 Å². The topological polar surface area (TPSA) is 92.2 Å². The number of anilines is 2. The second-order valence-electron chi connectivity index (χ2n) is 7.35. The molecule has 4 rings (SSSR count). The molecule has 11 heteroatoms. The molecule has 0 aliphatic carbocycles. The number of hydrogen-bond acceptors (Lipinski definition) is 6. The van der Waals surface area contributed by atoms with Crippen LogP contribution in [0.1, 0.15) is 11.1 Å². The second kappa shape index (κ2) is 8.38. The van der Waals surface area contributed by atoms with E-state index < -0.39 is 5.92 Å². The number of halogens is 2. The maximum atomic E-state index is 13.5. The molecule has 1 aromatic carbocycles. The number of piperazine rings is 1. The first kappa shape index (κ1) is 22.3. The molecule has 2 aromatic heterocycles. The summed E-state index contributed by atoms with van der Waals surface area (Å²) in [5.41, 5.74) is 0.801. The Balaban J connectivity index is 0.00000289. The van der Waals surface area contributed by atoms with Gasteiger partial charge < -0.3 is 15.5 Å². The van der Waals surface area contributed by atoms with Crippen LogP contribution in [0, 0.1) is 6.92 Å². The van der Waals surface area contributed by atoms with E-state index in [2.05, 4.69) is 27.6 Å². The molecule has 1 saturated heterocycles. The van der Waals surface area contributed by atoms with E-state index in [4.69, 9.17) is 0 Å². The minimum absolute atomic E-state index is 0. The van der Waals surface area contributed by atoms with Gasteiger partial charge in [-0.3, -0.25) is 16.5 Å². The number of alkyl halides is 2. The largest absolute Gasteiger partial charge is 0.364 e. The number of amides is 1. The fraction of sp³-hybridized carbons (Fsp3) is 0.286. The molecule has 1 fully saturated rings. The van der Waals surface area contributed by atoms with Crippen LogP contribution in [0.15, 0.2) is 41.3 Å². The summed E-state index contributed by atoms with van der Waals surface area (Å²) in [7, 11) is 1.51. The zero-order valence-electron chi connectivity index (χ0n) is 17.2. The number of fused-ring (bicyclic) bond motifs is 1. The van der Waals surface area contributed by atoms with E-state index >= 15 is 0 Å². The Morgan fingerprint density at radius 1 is 1.28 bits per heavy atom. The van der Waals surface area contributed by atoms with E-state index in [1.54, 1.807) is 17.0 Å². The normalized spacial score (nSPS) is 14.4. The van der Waals surface area contributed by atoms with Gasteiger partial charge in [0, 0.05) is 26.7 Å². The standard InChI is InChI=1S/C21H21F2N6O2.Cm/c1-21(22,23)14-5-3-4-13(8-14)10-26-19-16-9-15(29-7-6-24-12-17(29)30)11-25-18(16)20(31)28(2)27-19;/h3-5,8-9,11,24H,1,6-7,10,12H2,2H3,(H,26,27);/q-1;. The first-order valence-electron chi connectivity index (χ1n) is 9.68. The van der Waals surface area contributed by atoms with Gasteiger partial charge in [0.05, 0.1) is 23.8 Å². The summed E-state index contributed by atoms with van der Waals surface area (Å²) >= 11 is 0. The van der Waals surface area contributed by atoms with Gasteiger partial charge >= 0.3 is 0 Å². The third-order valence-corrected chi connectivity index (χ3v) is 5.09. The molecular weight excluding hydrogens is 653 g/mol. The molecule has 0 atom stereocenters. The maximum absolute atomic E-state index is 13.5. The first-order chi connectivity index (χ1) is 14.7. The summed E-state index contributed by atoms with van der Waals surface area (Å²) in [6.07, 6.45) is 1.50. The Morgan fingerprint density at radius 2 is 2.06 bits per heavy atom. The Bertz CT molecular complexity index is 1210. The zero-order valence-corrected chi connectivity index (χ0v) is 20.2. The number of nitrogens with one attached hydrogen (secondary N) is 2. The molecule has 1 aliphatic rings. The third kappa shape index (κ3) is 4.22. The van der Waals surface area contributed by atoms with Crippen molar-refractivity contribution in [1.82, 2.24) is 20.1 Å². The molecule has 8 nitrogen and oxygen atoms in total. The van der Waals surface area contributed by atoms with Crippen molar-refractivity contribution in [3.05, 3.63) is 64.9 Å². The Kier molecular flexibility index (Phi) is 5.84. The summed E-state index contributed by atoms with van der Waals surface area (Å²) in [4.78, 5) is 30.6. The predicted octanol–water partition coefficient (Wildman–Crippen LogP) is 1.80. The van der Waals surface area contributed by atoms with Gasteiger partial charge in [0.1, 0.15) is 5.52 Å². The molecule has 0 spiro atoms. The van der Waals surface area contributed by atoms with Crippen LogP contribution in [0.4, 0.5) is 20.3 Å². The number of hydrogen-bond donors (Lipinski definition) is 2. The van der Waals surface area contributed by atoms with Crippen LogP contribution in [0.2, 0.25) is 0 Å². The molecule has 3 aromatic rings. The Morgan fingerprint density at radius 3 is 2.78 bits per heavy atom. The van der Waals surface area contributed by atoms with Crippen LogP contribution in [0.5, 0.6) is 0 Å². The molecule has 32 heavy (non-hydrogen) atoms. The monoisotopic (exact) mass is 670 g/mol. The number of carbonyl (C=O) groups excluding carboxylic acids is 1. The summed E-state index contributed by atoms with van der Waals surface area (Å²) in [6.45, 7) is 4.43. The molecular formula is C21H21CmF2N6O2-. The van der Waals surface area contributed by atoms with Gasteiger partial charge in [-0.05, 0) is 17.2 Å². The Hall–Kier alpha value is -4.40. The summed E-state index contributed by atoms with van der Waals surface area (Å²) in [5, 5.41) is 10.8. The number of aryl methyl sites for hydroxylation is 1. The van der Waals surface area contributed by atoms with Crippen LogP contribution in [0.3, 0.4) is 0 Å². The van der Waals surface area contributed by atoms with Crippen molar-refractivity contribution < 1.29 is 13.6 Å². The number of carbonyl (C=O) groups is 1. The number of benzene rings is 1. The fourth-order valence-electron chi connectivity index (χ4n) is 3.46. The average Bonchev–Trinajstić information content (AvgIpc) is 2.75. The third-order valence-electron chi connectivity index (χ3n) is 5.09. The smallest absolute Gasteiger partial charge is 0.293 e. The summed E-state index contributed by atoms with van der Waals surface area (Å²) < 4.78 is 28.2. The molecule has 170 valence electrons. The van der Waals surface area contributed by atoms with E-state index in [-0.39, 0.29) is 35.6 Å². The van der Waals surface area contributed by atoms with Crippen LogP contribution < -0.4 is 21.1 Å². The van der Waals surface area contributed by atoms with Crippen molar-refractivity contribution >= 4 is 28.3 Å². The summed E-state index contributed by atoms with van der Waals surface area (Å²) in [6, 6.07) is 7.62. The van der Waals surface area contributed by atoms with Gasteiger partial charge in [0.15, 0.2) is 11.7 Å². The molecule has 0 bridgehead atoms. The van der Waals surface area contributed by atoms with E-state index in [9.17, 15) is 18.4 Å². The van der Waals surface area contributed by atoms with Crippen molar-refractivity contribution in [2.75, 3.05) is 29.9 Å². The van der Waals surface area contributed by atoms with Gasteiger partial charge in [0.2, 0.25) is 5.91 Å². The van der Waals surface area contributed by atoms with Crippen LogP contribution >= 0.6 is 0 Å². The minimum atomic E-state index is -3.19. The van der Waals surface area contributed by atoms with Crippen LogP contribution in [-0.4, -0.2) is 40.3 Å². The van der Waals surface area contributed by atoms with E-state index in [1.165, 1.54) is 31.4 Å². The molecule has 0 saturated carbocycles. The molecule has 2 N–H and O–H groups in total. The SMILES string of the molecule is [CH2-]C(F)(F)c1cccc(CNc2nn(C)c(=O)c3ncc(N4CCNCC4=O)cc23)c1.[Cm]. The van der Waals surface area contributed by atoms with E-state index in [0.717, 1.165) is 4.68 Å². The molecule has 3 heterocycles. The van der Waals surface area contributed by atoms with Crippen molar-refractivity contribution in [3.8, 4) is 0 Å². The summed E-state index contributed by atoms with van der Waals surface area (Å²) in [5.74, 6) is -2.92. The van der Waals surface area contributed by atoms with Gasteiger partial charge in [-0.25, -0.2) is 18.4 Å². The molecule has 0 unspecified atom stereocenters. The van der Waals surface area contributed by atoms with E-state index in [0.29, 0.717) is 35.5 Å². The number of pyridine rings is 1. The molecule has 1 amide bonds.